The largest absolute Gasteiger partial charge is 0.317 e. The van der Waals surface area contributed by atoms with E-state index in [4.69, 9.17) is 0 Å². The van der Waals surface area contributed by atoms with Gasteiger partial charge in [0.25, 0.3) is 0 Å². The highest BCUT2D eigenvalue weighted by Gasteiger charge is 2.19. The monoisotopic (exact) mass is 169 g/mol. The fourth-order valence-electron chi connectivity index (χ4n) is 2.16. The van der Waals surface area contributed by atoms with Gasteiger partial charge >= 0.3 is 0 Å². The van der Waals surface area contributed by atoms with E-state index in [0.717, 1.165) is 5.92 Å². The van der Waals surface area contributed by atoms with Crippen molar-refractivity contribution < 1.29 is 0 Å². The Morgan fingerprint density at radius 2 is 1.92 bits per heavy atom. The molecule has 72 valence electrons. The van der Waals surface area contributed by atoms with Crippen molar-refractivity contribution in [2.45, 2.75) is 46.5 Å². The topological polar surface area (TPSA) is 12.0 Å². The van der Waals surface area contributed by atoms with Crippen LogP contribution in [0.1, 0.15) is 46.5 Å². The second-order valence-electron chi connectivity index (χ2n) is 5.31. The van der Waals surface area contributed by atoms with Gasteiger partial charge in [-0.15, -0.1) is 0 Å². The Hall–Kier alpha value is -0.0400. The summed E-state index contributed by atoms with van der Waals surface area (Å²) < 4.78 is 0. The zero-order valence-electron chi connectivity index (χ0n) is 8.82. The summed E-state index contributed by atoms with van der Waals surface area (Å²) in [7, 11) is 0. The highest BCUT2D eigenvalue weighted by atomic mass is 14.8. The SMILES string of the molecule is CC(C)(C)CC1CCCNCC1. The van der Waals surface area contributed by atoms with Gasteiger partial charge in [0, 0.05) is 0 Å². The maximum Gasteiger partial charge on any atom is -0.00463 e. The van der Waals surface area contributed by atoms with Crippen molar-refractivity contribution in [1.82, 2.24) is 5.32 Å². The zero-order chi connectivity index (χ0) is 9.03. The molecule has 0 bridgehead atoms. The Bertz CT molecular complexity index is 115. The molecule has 0 aliphatic carbocycles. The van der Waals surface area contributed by atoms with Crippen LogP contribution in [-0.4, -0.2) is 13.1 Å². The third-order valence-electron chi connectivity index (χ3n) is 2.60. The van der Waals surface area contributed by atoms with E-state index < -0.39 is 0 Å². The predicted octanol–water partition coefficient (Wildman–Crippen LogP) is 2.81. The van der Waals surface area contributed by atoms with Crippen LogP contribution in [0.2, 0.25) is 0 Å². The van der Waals surface area contributed by atoms with Crippen LogP contribution >= 0.6 is 0 Å². The van der Waals surface area contributed by atoms with Crippen LogP contribution in [0.25, 0.3) is 0 Å². The minimum absolute atomic E-state index is 0.523. The molecule has 1 saturated heterocycles. The lowest BCUT2D eigenvalue weighted by Gasteiger charge is -2.24. The average molecular weight is 169 g/mol. The third kappa shape index (κ3) is 4.10. The Balaban J connectivity index is 2.30. The number of hydrogen-bond acceptors (Lipinski definition) is 1. The van der Waals surface area contributed by atoms with Gasteiger partial charge in [0.2, 0.25) is 0 Å². The number of nitrogens with one attached hydrogen (secondary N) is 1. The van der Waals surface area contributed by atoms with Crippen molar-refractivity contribution in [3.05, 3.63) is 0 Å². The summed E-state index contributed by atoms with van der Waals surface area (Å²) in [5, 5.41) is 3.46. The summed E-state index contributed by atoms with van der Waals surface area (Å²) in [6.45, 7) is 9.53. The lowest BCUT2D eigenvalue weighted by atomic mass is 9.82. The molecule has 1 heteroatoms. The molecule has 0 amide bonds. The molecule has 1 fully saturated rings. The molecule has 0 spiro atoms. The molecule has 0 saturated carbocycles. The quantitative estimate of drug-likeness (QED) is 0.636. The Morgan fingerprint density at radius 3 is 2.58 bits per heavy atom. The summed E-state index contributed by atoms with van der Waals surface area (Å²) >= 11 is 0. The Kier molecular flexibility index (Phi) is 3.57. The molecule has 1 nitrogen and oxygen atoms in total. The molecule has 1 aliphatic rings. The highest BCUT2D eigenvalue weighted by molar-refractivity contribution is 4.72. The van der Waals surface area contributed by atoms with Gasteiger partial charge in [-0.2, -0.15) is 0 Å². The van der Waals surface area contributed by atoms with Gasteiger partial charge in [-0.05, 0) is 50.1 Å². The van der Waals surface area contributed by atoms with Crippen molar-refractivity contribution in [2.24, 2.45) is 11.3 Å². The normalized spacial score (nSPS) is 26.8. The van der Waals surface area contributed by atoms with Gasteiger partial charge in [-0.25, -0.2) is 0 Å². The van der Waals surface area contributed by atoms with E-state index in [-0.39, 0.29) is 0 Å². The van der Waals surface area contributed by atoms with E-state index in [0.29, 0.717) is 5.41 Å². The molecule has 1 atom stereocenters. The van der Waals surface area contributed by atoms with E-state index in [9.17, 15) is 0 Å². The van der Waals surface area contributed by atoms with Crippen LogP contribution in [0.3, 0.4) is 0 Å². The minimum atomic E-state index is 0.523. The minimum Gasteiger partial charge on any atom is -0.317 e. The van der Waals surface area contributed by atoms with Crippen molar-refractivity contribution in [3.8, 4) is 0 Å². The van der Waals surface area contributed by atoms with Crippen LogP contribution in [0.5, 0.6) is 0 Å². The summed E-state index contributed by atoms with van der Waals surface area (Å²) in [5.41, 5.74) is 0.523. The van der Waals surface area contributed by atoms with Crippen molar-refractivity contribution >= 4 is 0 Å². The first kappa shape index (κ1) is 10.0. The van der Waals surface area contributed by atoms with E-state index in [1.54, 1.807) is 0 Å². The molecule has 1 aliphatic heterocycles. The van der Waals surface area contributed by atoms with Crippen LogP contribution in [0.15, 0.2) is 0 Å². The van der Waals surface area contributed by atoms with Gasteiger partial charge in [0.15, 0.2) is 0 Å². The summed E-state index contributed by atoms with van der Waals surface area (Å²) in [6.07, 6.45) is 5.59. The van der Waals surface area contributed by atoms with Gasteiger partial charge in [-0.3, -0.25) is 0 Å². The van der Waals surface area contributed by atoms with Gasteiger partial charge in [0.05, 0.1) is 0 Å². The molecule has 1 rings (SSSR count). The zero-order valence-corrected chi connectivity index (χ0v) is 8.82. The first-order valence-corrected chi connectivity index (χ1v) is 5.29. The highest BCUT2D eigenvalue weighted by Crippen LogP contribution is 2.29. The van der Waals surface area contributed by atoms with Crippen LogP contribution in [0.4, 0.5) is 0 Å². The lowest BCUT2D eigenvalue weighted by Crippen LogP contribution is -2.16. The number of hydrogen-bond donors (Lipinski definition) is 1. The molecule has 0 aromatic heterocycles. The fourth-order valence-corrected chi connectivity index (χ4v) is 2.16. The first-order valence-electron chi connectivity index (χ1n) is 5.29. The molecule has 0 aromatic carbocycles. The van der Waals surface area contributed by atoms with Gasteiger partial charge < -0.3 is 5.32 Å². The summed E-state index contributed by atoms with van der Waals surface area (Å²) in [5.74, 6) is 0.972. The second-order valence-corrected chi connectivity index (χ2v) is 5.31. The maximum absolute atomic E-state index is 3.46. The van der Waals surface area contributed by atoms with Crippen molar-refractivity contribution in [2.75, 3.05) is 13.1 Å². The van der Waals surface area contributed by atoms with Crippen LogP contribution in [0, 0.1) is 11.3 Å². The van der Waals surface area contributed by atoms with E-state index in [2.05, 4.69) is 26.1 Å². The molecule has 1 N–H and O–H groups in total. The molecular formula is C11H23N. The Labute approximate surface area is 76.9 Å². The van der Waals surface area contributed by atoms with Crippen LogP contribution < -0.4 is 5.32 Å². The summed E-state index contributed by atoms with van der Waals surface area (Å²) in [4.78, 5) is 0. The molecule has 1 heterocycles. The van der Waals surface area contributed by atoms with E-state index >= 15 is 0 Å². The van der Waals surface area contributed by atoms with Gasteiger partial charge in [0.1, 0.15) is 0 Å². The molecule has 0 radical (unpaired) electrons. The Morgan fingerprint density at radius 1 is 1.17 bits per heavy atom. The van der Waals surface area contributed by atoms with E-state index in [1.165, 1.54) is 38.8 Å². The van der Waals surface area contributed by atoms with Crippen LogP contribution in [-0.2, 0) is 0 Å². The fraction of sp³-hybridized carbons (Fsp3) is 1.00. The maximum atomic E-state index is 3.46. The molecular weight excluding hydrogens is 146 g/mol. The second kappa shape index (κ2) is 4.27. The molecule has 1 unspecified atom stereocenters. The average Bonchev–Trinajstić information content (AvgIpc) is 2.12. The van der Waals surface area contributed by atoms with Crippen molar-refractivity contribution in [3.63, 3.8) is 0 Å². The standard InChI is InChI=1S/C11H23N/c1-11(2,3)9-10-5-4-7-12-8-6-10/h10,12H,4-9H2,1-3H3. The third-order valence-corrected chi connectivity index (χ3v) is 2.60. The lowest BCUT2D eigenvalue weighted by molar-refractivity contribution is 0.277. The smallest absolute Gasteiger partial charge is 0.00463 e. The molecule has 0 aromatic rings. The predicted molar refractivity (Wildman–Crippen MR) is 54.3 cm³/mol. The summed E-state index contributed by atoms with van der Waals surface area (Å²) in [6, 6.07) is 0. The van der Waals surface area contributed by atoms with E-state index in [1.807, 2.05) is 0 Å². The van der Waals surface area contributed by atoms with Crippen molar-refractivity contribution in [1.29, 1.82) is 0 Å². The van der Waals surface area contributed by atoms with Gasteiger partial charge in [-0.1, -0.05) is 20.8 Å². The number of rotatable bonds is 1. The first-order chi connectivity index (χ1) is 5.58. The molecule has 12 heavy (non-hydrogen) atoms.